The minimum atomic E-state index is -0.594. The molecule has 0 spiro atoms. The van der Waals surface area contributed by atoms with E-state index in [1.54, 1.807) is 13.2 Å². The molecule has 0 fully saturated rings. The van der Waals surface area contributed by atoms with E-state index in [4.69, 9.17) is 9.47 Å². The van der Waals surface area contributed by atoms with E-state index in [9.17, 15) is 14.9 Å². The van der Waals surface area contributed by atoms with Crippen LogP contribution in [0.3, 0.4) is 0 Å². The average molecular weight is 374 g/mol. The number of fused-ring (bicyclic) bond motifs is 1. The standard InChI is InChI=1S/C21H14N2O5/c1-27-19-11-8-13-4-2-3-5-16(13)17(19)12-18-21(24)28-20(22-18)14-6-9-15(10-7-14)23(25)26/h2-12H,1H3. The number of benzene rings is 3. The van der Waals surface area contributed by atoms with Crippen LogP contribution < -0.4 is 4.74 Å². The lowest BCUT2D eigenvalue weighted by Crippen LogP contribution is -2.05. The van der Waals surface area contributed by atoms with E-state index in [1.165, 1.54) is 24.3 Å². The molecule has 1 aliphatic rings. The first kappa shape index (κ1) is 17.4. The molecular weight excluding hydrogens is 360 g/mol. The van der Waals surface area contributed by atoms with Crippen LogP contribution in [0.2, 0.25) is 0 Å². The van der Waals surface area contributed by atoms with Crippen LogP contribution in [-0.2, 0) is 9.53 Å². The van der Waals surface area contributed by atoms with Gasteiger partial charge in [0.1, 0.15) is 5.75 Å². The minimum absolute atomic E-state index is 0.0510. The highest BCUT2D eigenvalue weighted by molar-refractivity contribution is 6.13. The fraction of sp³-hybridized carbons (Fsp3) is 0.0476. The fourth-order valence-electron chi connectivity index (χ4n) is 3.00. The smallest absolute Gasteiger partial charge is 0.363 e. The van der Waals surface area contributed by atoms with Gasteiger partial charge >= 0.3 is 5.97 Å². The van der Waals surface area contributed by atoms with Crippen molar-refractivity contribution in [3.05, 3.63) is 87.6 Å². The highest BCUT2D eigenvalue weighted by Crippen LogP contribution is 2.31. The van der Waals surface area contributed by atoms with Crippen molar-refractivity contribution in [2.24, 2.45) is 4.99 Å². The Morgan fingerprint density at radius 3 is 2.54 bits per heavy atom. The molecule has 0 bridgehead atoms. The van der Waals surface area contributed by atoms with E-state index < -0.39 is 10.9 Å². The van der Waals surface area contributed by atoms with E-state index in [2.05, 4.69) is 4.99 Å². The predicted octanol–water partition coefficient (Wildman–Crippen LogP) is 4.10. The Kier molecular flexibility index (Phi) is 4.33. The molecular formula is C21H14N2O5. The summed E-state index contributed by atoms with van der Waals surface area (Å²) in [6.45, 7) is 0. The molecule has 1 aliphatic heterocycles. The Morgan fingerprint density at radius 2 is 1.82 bits per heavy atom. The van der Waals surface area contributed by atoms with Crippen molar-refractivity contribution in [3.63, 3.8) is 0 Å². The quantitative estimate of drug-likeness (QED) is 0.297. The molecule has 3 aromatic carbocycles. The summed E-state index contributed by atoms with van der Waals surface area (Å²) < 4.78 is 10.7. The monoisotopic (exact) mass is 374 g/mol. The zero-order chi connectivity index (χ0) is 19.7. The third-order valence-electron chi connectivity index (χ3n) is 4.38. The van der Waals surface area contributed by atoms with Crippen LogP contribution in [0.25, 0.3) is 16.8 Å². The molecule has 1 heterocycles. The molecule has 7 heteroatoms. The number of nitro benzene ring substituents is 1. The number of carbonyl (C=O) groups excluding carboxylic acids is 1. The van der Waals surface area contributed by atoms with Gasteiger partial charge in [-0.1, -0.05) is 30.3 Å². The number of ether oxygens (including phenoxy) is 2. The van der Waals surface area contributed by atoms with Gasteiger partial charge in [0.2, 0.25) is 5.90 Å². The van der Waals surface area contributed by atoms with Crippen LogP contribution in [0.15, 0.2) is 71.4 Å². The number of aliphatic imine (C=N–C) groups is 1. The number of rotatable bonds is 4. The zero-order valence-electron chi connectivity index (χ0n) is 14.8. The van der Waals surface area contributed by atoms with Gasteiger partial charge in [-0.2, -0.15) is 0 Å². The zero-order valence-corrected chi connectivity index (χ0v) is 14.8. The first-order valence-corrected chi connectivity index (χ1v) is 8.40. The summed E-state index contributed by atoms with van der Waals surface area (Å²) in [5, 5.41) is 12.7. The first-order chi connectivity index (χ1) is 13.6. The summed E-state index contributed by atoms with van der Waals surface area (Å²) in [7, 11) is 1.56. The van der Waals surface area contributed by atoms with Crippen molar-refractivity contribution in [1.82, 2.24) is 0 Å². The lowest BCUT2D eigenvalue weighted by atomic mass is 10.0. The van der Waals surface area contributed by atoms with E-state index in [0.29, 0.717) is 11.3 Å². The average Bonchev–Trinajstić information content (AvgIpc) is 3.08. The van der Waals surface area contributed by atoms with Crippen molar-refractivity contribution in [2.45, 2.75) is 0 Å². The van der Waals surface area contributed by atoms with Crippen LogP contribution in [0.1, 0.15) is 11.1 Å². The maximum atomic E-state index is 12.3. The molecule has 0 atom stereocenters. The van der Waals surface area contributed by atoms with E-state index in [1.807, 2.05) is 36.4 Å². The van der Waals surface area contributed by atoms with Gasteiger partial charge in [-0.05, 0) is 35.0 Å². The Bertz CT molecular complexity index is 1160. The van der Waals surface area contributed by atoms with Crippen LogP contribution >= 0.6 is 0 Å². The molecule has 4 rings (SSSR count). The lowest BCUT2D eigenvalue weighted by molar-refractivity contribution is -0.384. The van der Waals surface area contributed by atoms with Crippen molar-refractivity contribution < 1.29 is 19.2 Å². The lowest BCUT2D eigenvalue weighted by Gasteiger charge is -2.08. The van der Waals surface area contributed by atoms with Crippen molar-refractivity contribution >= 4 is 34.4 Å². The number of carbonyl (C=O) groups is 1. The molecule has 0 radical (unpaired) electrons. The molecule has 0 aromatic heterocycles. The van der Waals surface area contributed by atoms with Gasteiger partial charge in [-0.15, -0.1) is 0 Å². The number of nitro groups is 1. The number of nitrogens with zero attached hydrogens (tertiary/aromatic N) is 2. The Hall–Kier alpha value is -4.00. The second kappa shape index (κ2) is 6.96. The molecule has 0 amide bonds. The number of hydrogen-bond acceptors (Lipinski definition) is 6. The third-order valence-corrected chi connectivity index (χ3v) is 4.38. The van der Waals surface area contributed by atoms with Gasteiger partial charge in [0.15, 0.2) is 5.70 Å². The molecule has 0 unspecified atom stereocenters. The highest BCUT2D eigenvalue weighted by Gasteiger charge is 2.25. The highest BCUT2D eigenvalue weighted by atomic mass is 16.6. The summed E-state index contributed by atoms with van der Waals surface area (Å²) >= 11 is 0. The van der Waals surface area contributed by atoms with Crippen LogP contribution in [0.5, 0.6) is 5.75 Å². The summed E-state index contributed by atoms with van der Waals surface area (Å²) in [5.74, 6) is 0.117. The number of methoxy groups -OCH3 is 1. The summed E-state index contributed by atoms with van der Waals surface area (Å²) in [4.78, 5) is 26.9. The van der Waals surface area contributed by atoms with Crippen LogP contribution in [0.4, 0.5) is 5.69 Å². The number of non-ortho nitro benzene ring substituents is 1. The first-order valence-electron chi connectivity index (χ1n) is 8.40. The van der Waals surface area contributed by atoms with Crippen molar-refractivity contribution in [3.8, 4) is 5.75 Å². The normalized spacial score (nSPS) is 14.8. The SMILES string of the molecule is COc1ccc2ccccc2c1C=C1N=C(c2ccc([N+](=O)[O-])cc2)OC1=O. The van der Waals surface area contributed by atoms with Gasteiger partial charge < -0.3 is 9.47 Å². The molecule has 0 saturated carbocycles. The van der Waals surface area contributed by atoms with Gasteiger partial charge in [0.05, 0.1) is 12.0 Å². The summed E-state index contributed by atoms with van der Waals surface area (Å²) in [6, 6.07) is 17.2. The Morgan fingerprint density at radius 1 is 1.07 bits per heavy atom. The van der Waals surface area contributed by atoms with Gasteiger partial charge in [0.25, 0.3) is 5.69 Å². The third kappa shape index (κ3) is 3.09. The van der Waals surface area contributed by atoms with Gasteiger partial charge in [-0.25, -0.2) is 9.79 Å². The molecule has 0 N–H and O–H groups in total. The van der Waals surface area contributed by atoms with Crippen molar-refractivity contribution in [1.29, 1.82) is 0 Å². The summed E-state index contributed by atoms with van der Waals surface area (Å²) in [6.07, 6.45) is 1.63. The maximum Gasteiger partial charge on any atom is 0.363 e. The largest absolute Gasteiger partial charge is 0.496 e. The maximum absolute atomic E-state index is 12.3. The Balaban J connectivity index is 1.77. The summed E-state index contributed by atoms with van der Waals surface area (Å²) in [5.41, 5.74) is 1.28. The fourth-order valence-corrected chi connectivity index (χ4v) is 3.00. The topological polar surface area (TPSA) is 91.0 Å². The van der Waals surface area contributed by atoms with E-state index >= 15 is 0 Å². The molecule has 28 heavy (non-hydrogen) atoms. The number of hydrogen-bond donors (Lipinski definition) is 0. The van der Waals surface area contributed by atoms with Crippen LogP contribution in [0, 0.1) is 10.1 Å². The minimum Gasteiger partial charge on any atom is -0.496 e. The predicted molar refractivity (Wildman–Crippen MR) is 104 cm³/mol. The van der Waals surface area contributed by atoms with Gasteiger partial charge in [0, 0.05) is 23.3 Å². The second-order valence-electron chi connectivity index (χ2n) is 6.04. The second-order valence-corrected chi connectivity index (χ2v) is 6.04. The number of cyclic esters (lactones) is 1. The molecule has 0 saturated heterocycles. The van der Waals surface area contributed by atoms with Crippen LogP contribution in [-0.4, -0.2) is 23.9 Å². The van der Waals surface area contributed by atoms with Gasteiger partial charge in [-0.3, -0.25) is 10.1 Å². The Labute approximate surface area is 159 Å². The number of esters is 1. The molecule has 138 valence electrons. The molecule has 0 aliphatic carbocycles. The molecule has 3 aromatic rings. The van der Waals surface area contributed by atoms with E-state index in [-0.39, 0.29) is 17.3 Å². The molecule has 7 nitrogen and oxygen atoms in total. The van der Waals surface area contributed by atoms with E-state index in [0.717, 1.165) is 16.3 Å². The van der Waals surface area contributed by atoms with Crippen molar-refractivity contribution in [2.75, 3.05) is 7.11 Å².